The molecule has 0 bridgehead atoms. The molecule has 0 heterocycles. The van der Waals surface area contributed by atoms with E-state index >= 15 is 0 Å². The Morgan fingerprint density at radius 3 is 2.56 bits per heavy atom. The lowest BCUT2D eigenvalue weighted by molar-refractivity contribution is -0.137. The number of ether oxygens (including phenoxy) is 1. The van der Waals surface area contributed by atoms with Gasteiger partial charge < -0.3 is 15.2 Å². The van der Waals surface area contributed by atoms with Crippen LogP contribution in [0.5, 0.6) is 0 Å². The minimum atomic E-state index is -4.47. The zero-order chi connectivity index (χ0) is 19.7. The fourth-order valence-electron chi connectivity index (χ4n) is 2.18. The van der Waals surface area contributed by atoms with Gasteiger partial charge in [-0.2, -0.15) is 13.2 Å². The maximum Gasteiger partial charge on any atom is 0.416 e. The third-order valence-electron chi connectivity index (χ3n) is 3.56. The first-order valence-corrected chi connectivity index (χ1v) is 8.14. The Balaban J connectivity index is 1.80. The molecule has 1 amide bonds. The number of halogens is 3. The number of benzene rings is 2. The molecule has 0 fully saturated rings. The molecular formula is C20H18F3NO3. The Bertz CT molecular complexity index is 824. The topological polar surface area (TPSA) is 58.6 Å². The summed E-state index contributed by atoms with van der Waals surface area (Å²) < 4.78 is 43.0. The van der Waals surface area contributed by atoms with Gasteiger partial charge in [0.2, 0.25) is 0 Å². The minimum absolute atomic E-state index is 0.104. The van der Waals surface area contributed by atoms with Crippen LogP contribution in [-0.4, -0.2) is 17.7 Å². The molecule has 2 N–H and O–H groups in total. The van der Waals surface area contributed by atoms with Gasteiger partial charge in [0.05, 0.1) is 12.2 Å². The van der Waals surface area contributed by atoms with Crippen molar-refractivity contribution in [2.75, 3.05) is 6.54 Å². The minimum Gasteiger partial charge on any atom is -0.445 e. The van der Waals surface area contributed by atoms with E-state index in [-0.39, 0.29) is 25.1 Å². The molecular weight excluding hydrogens is 359 g/mol. The summed E-state index contributed by atoms with van der Waals surface area (Å²) in [7, 11) is 0. The molecule has 2 aromatic carbocycles. The van der Waals surface area contributed by atoms with Gasteiger partial charge in [-0.25, -0.2) is 4.79 Å². The van der Waals surface area contributed by atoms with E-state index in [0.717, 1.165) is 17.7 Å². The van der Waals surface area contributed by atoms with Gasteiger partial charge in [0.15, 0.2) is 0 Å². The number of alkyl halides is 3. The lowest BCUT2D eigenvalue weighted by Crippen LogP contribution is -2.24. The standard InChI is InChI=1S/C20H18F3NO3/c21-20(22,23)18-10-9-16(17(12-18)13-25)8-4-5-11-24-19(26)27-14-15-6-2-1-3-7-15/h1-3,6-7,9-10,12,25H,5,11,13-14H2,(H,24,26). The van der Waals surface area contributed by atoms with Gasteiger partial charge in [0.25, 0.3) is 0 Å². The van der Waals surface area contributed by atoms with Crippen LogP contribution in [0.15, 0.2) is 48.5 Å². The molecule has 0 atom stereocenters. The van der Waals surface area contributed by atoms with Crippen molar-refractivity contribution >= 4 is 6.09 Å². The lowest BCUT2D eigenvalue weighted by Gasteiger charge is -2.09. The molecule has 0 radical (unpaired) electrons. The number of hydrogen-bond acceptors (Lipinski definition) is 3. The van der Waals surface area contributed by atoms with E-state index in [1.54, 1.807) is 0 Å². The van der Waals surface area contributed by atoms with Gasteiger partial charge >= 0.3 is 12.3 Å². The first-order valence-electron chi connectivity index (χ1n) is 8.14. The highest BCUT2D eigenvalue weighted by Gasteiger charge is 2.30. The molecule has 2 aromatic rings. The Kier molecular flexibility index (Phi) is 7.26. The number of aliphatic hydroxyl groups excluding tert-OH is 1. The summed E-state index contributed by atoms with van der Waals surface area (Å²) in [5, 5.41) is 11.8. The summed E-state index contributed by atoms with van der Waals surface area (Å²) in [6.07, 6.45) is -4.77. The molecule has 0 aliphatic carbocycles. The molecule has 0 unspecified atom stereocenters. The van der Waals surface area contributed by atoms with Gasteiger partial charge in [-0.3, -0.25) is 0 Å². The molecule has 27 heavy (non-hydrogen) atoms. The van der Waals surface area contributed by atoms with E-state index in [9.17, 15) is 23.1 Å². The Hall–Kier alpha value is -2.98. The van der Waals surface area contributed by atoms with Crippen LogP contribution in [-0.2, 0) is 24.1 Å². The summed E-state index contributed by atoms with van der Waals surface area (Å²) in [6.45, 7) is -0.155. The van der Waals surface area contributed by atoms with Crippen molar-refractivity contribution in [3.8, 4) is 11.8 Å². The Labute approximate surface area is 155 Å². The zero-order valence-electron chi connectivity index (χ0n) is 14.3. The average molecular weight is 377 g/mol. The van der Waals surface area contributed by atoms with Crippen LogP contribution in [0.4, 0.5) is 18.0 Å². The molecule has 0 aromatic heterocycles. The van der Waals surface area contributed by atoms with Gasteiger partial charge in [0.1, 0.15) is 6.61 Å². The number of nitrogens with one attached hydrogen (secondary N) is 1. The number of carbonyl (C=O) groups excluding carboxylic acids is 1. The lowest BCUT2D eigenvalue weighted by atomic mass is 10.0. The van der Waals surface area contributed by atoms with Crippen LogP contribution in [0.3, 0.4) is 0 Å². The zero-order valence-corrected chi connectivity index (χ0v) is 14.3. The molecule has 0 saturated carbocycles. The fraction of sp³-hybridized carbons (Fsp3) is 0.250. The number of rotatable bonds is 5. The van der Waals surface area contributed by atoms with Gasteiger partial charge in [-0.1, -0.05) is 42.2 Å². The molecule has 0 spiro atoms. The summed E-state index contributed by atoms with van der Waals surface area (Å²) in [6, 6.07) is 12.2. The quantitative estimate of drug-likeness (QED) is 0.614. The largest absolute Gasteiger partial charge is 0.445 e. The van der Waals surface area contributed by atoms with Crippen molar-refractivity contribution < 1.29 is 27.8 Å². The van der Waals surface area contributed by atoms with Crippen molar-refractivity contribution in [1.82, 2.24) is 5.32 Å². The maximum absolute atomic E-state index is 12.7. The van der Waals surface area contributed by atoms with E-state index < -0.39 is 24.4 Å². The summed E-state index contributed by atoms with van der Waals surface area (Å²) in [5.41, 5.74) is 0.455. The second-order valence-electron chi connectivity index (χ2n) is 5.57. The second-order valence-corrected chi connectivity index (χ2v) is 5.57. The van der Waals surface area contributed by atoms with Crippen LogP contribution < -0.4 is 5.32 Å². The third kappa shape index (κ3) is 6.68. The molecule has 4 nitrogen and oxygen atoms in total. The maximum atomic E-state index is 12.7. The van der Waals surface area contributed by atoms with Crippen molar-refractivity contribution in [2.45, 2.75) is 25.8 Å². The smallest absolute Gasteiger partial charge is 0.416 e. The summed E-state index contributed by atoms with van der Waals surface area (Å²) in [5.74, 6) is 5.46. The van der Waals surface area contributed by atoms with Crippen LogP contribution >= 0.6 is 0 Å². The van der Waals surface area contributed by atoms with Crippen molar-refractivity contribution in [2.24, 2.45) is 0 Å². The summed E-state index contributed by atoms with van der Waals surface area (Å²) in [4.78, 5) is 11.6. The molecule has 0 aliphatic rings. The number of amides is 1. The predicted molar refractivity (Wildman–Crippen MR) is 93.5 cm³/mol. The van der Waals surface area contributed by atoms with Crippen LogP contribution in [0.1, 0.15) is 28.7 Å². The highest BCUT2D eigenvalue weighted by molar-refractivity contribution is 5.67. The number of alkyl carbamates (subject to hydrolysis) is 1. The van der Waals surface area contributed by atoms with E-state index in [0.29, 0.717) is 5.56 Å². The number of aliphatic hydroxyl groups is 1. The van der Waals surface area contributed by atoms with Gasteiger partial charge in [-0.15, -0.1) is 0 Å². The fourth-order valence-corrected chi connectivity index (χ4v) is 2.18. The molecule has 142 valence electrons. The first-order chi connectivity index (χ1) is 12.9. The summed E-state index contributed by atoms with van der Waals surface area (Å²) >= 11 is 0. The van der Waals surface area contributed by atoms with Crippen molar-refractivity contribution in [3.63, 3.8) is 0 Å². The van der Waals surface area contributed by atoms with E-state index in [1.807, 2.05) is 30.3 Å². The Morgan fingerprint density at radius 1 is 1.15 bits per heavy atom. The first kappa shape index (κ1) is 20.3. The van der Waals surface area contributed by atoms with Crippen molar-refractivity contribution in [3.05, 3.63) is 70.8 Å². The monoisotopic (exact) mass is 377 g/mol. The Morgan fingerprint density at radius 2 is 1.89 bits per heavy atom. The van der Waals surface area contributed by atoms with Crippen molar-refractivity contribution in [1.29, 1.82) is 0 Å². The highest BCUT2D eigenvalue weighted by Crippen LogP contribution is 2.30. The molecule has 0 saturated heterocycles. The van der Waals surface area contributed by atoms with Crippen LogP contribution in [0.25, 0.3) is 0 Å². The molecule has 7 heteroatoms. The van der Waals surface area contributed by atoms with Gasteiger partial charge in [0, 0.05) is 18.5 Å². The number of hydrogen-bond donors (Lipinski definition) is 2. The third-order valence-corrected chi connectivity index (χ3v) is 3.56. The van der Waals surface area contributed by atoms with Crippen LogP contribution in [0, 0.1) is 11.8 Å². The molecule has 2 rings (SSSR count). The van der Waals surface area contributed by atoms with E-state index in [4.69, 9.17) is 4.74 Å². The average Bonchev–Trinajstić information content (AvgIpc) is 2.66. The van der Waals surface area contributed by atoms with E-state index in [2.05, 4.69) is 17.2 Å². The SMILES string of the molecule is O=C(NCCC#Cc1ccc(C(F)(F)F)cc1CO)OCc1ccccc1. The molecule has 0 aliphatic heterocycles. The van der Waals surface area contributed by atoms with Gasteiger partial charge in [-0.05, 0) is 29.3 Å². The predicted octanol–water partition coefficient (Wildman–Crippen LogP) is 3.87. The normalized spacial score (nSPS) is 10.7. The number of carbonyl (C=O) groups is 1. The second kappa shape index (κ2) is 9.64. The van der Waals surface area contributed by atoms with Crippen LogP contribution in [0.2, 0.25) is 0 Å². The van der Waals surface area contributed by atoms with E-state index in [1.165, 1.54) is 6.07 Å². The highest BCUT2D eigenvalue weighted by atomic mass is 19.4.